The standard InChI is InChI=1S/C13H16ClNO3/c1-3-15(8-9(2)13(17)18)12(16)10-5-4-6-11(14)7-10/h4-7,9H,3,8H2,1-2H3,(H,17,18). The Labute approximate surface area is 111 Å². The van der Waals surface area contributed by atoms with Crippen LogP contribution < -0.4 is 0 Å². The molecule has 18 heavy (non-hydrogen) atoms. The minimum atomic E-state index is -0.910. The molecule has 0 radical (unpaired) electrons. The first-order chi connectivity index (χ1) is 8.45. The van der Waals surface area contributed by atoms with Crippen LogP contribution in [0.2, 0.25) is 5.02 Å². The van der Waals surface area contributed by atoms with Crippen LogP contribution >= 0.6 is 11.6 Å². The maximum atomic E-state index is 12.2. The lowest BCUT2D eigenvalue weighted by Crippen LogP contribution is -2.36. The summed E-state index contributed by atoms with van der Waals surface area (Å²) in [5.74, 6) is -1.70. The Morgan fingerprint density at radius 2 is 2.11 bits per heavy atom. The van der Waals surface area contributed by atoms with Crippen LogP contribution in [0.3, 0.4) is 0 Å². The molecule has 4 nitrogen and oxygen atoms in total. The Morgan fingerprint density at radius 3 is 2.61 bits per heavy atom. The molecule has 5 heteroatoms. The Balaban J connectivity index is 2.82. The van der Waals surface area contributed by atoms with E-state index < -0.39 is 11.9 Å². The van der Waals surface area contributed by atoms with Crippen molar-refractivity contribution in [1.82, 2.24) is 4.90 Å². The van der Waals surface area contributed by atoms with Crippen molar-refractivity contribution in [1.29, 1.82) is 0 Å². The van der Waals surface area contributed by atoms with E-state index in [2.05, 4.69) is 0 Å². The number of rotatable bonds is 5. The van der Waals surface area contributed by atoms with Gasteiger partial charge in [-0.2, -0.15) is 0 Å². The normalized spacial score (nSPS) is 11.9. The molecular weight excluding hydrogens is 254 g/mol. The molecule has 0 aliphatic carbocycles. The van der Waals surface area contributed by atoms with E-state index in [1.54, 1.807) is 31.2 Å². The number of hydrogen-bond acceptors (Lipinski definition) is 2. The molecule has 1 aromatic carbocycles. The van der Waals surface area contributed by atoms with Crippen molar-refractivity contribution in [2.24, 2.45) is 5.92 Å². The third kappa shape index (κ3) is 3.74. The molecule has 0 saturated heterocycles. The maximum Gasteiger partial charge on any atom is 0.308 e. The van der Waals surface area contributed by atoms with Gasteiger partial charge >= 0.3 is 5.97 Å². The number of carboxylic acids is 1. The summed E-state index contributed by atoms with van der Waals surface area (Å²) in [7, 11) is 0. The van der Waals surface area contributed by atoms with Crippen molar-refractivity contribution in [2.45, 2.75) is 13.8 Å². The van der Waals surface area contributed by atoms with Gasteiger partial charge in [0.1, 0.15) is 0 Å². The highest BCUT2D eigenvalue weighted by Crippen LogP contribution is 2.13. The van der Waals surface area contributed by atoms with Crippen molar-refractivity contribution in [2.75, 3.05) is 13.1 Å². The molecule has 1 N–H and O–H groups in total. The molecule has 98 valence electrons. The molecule has 0 aliphatic rings. The van der Waals surface area contributed by atoms with Crippen molar-refractivity contribution in [3.63, 3.8) is 0 Å². The van der Waals surface area contributed by atoms with Gasteiger partial charge in [-0.05, 0) is 25.1 Å². The van der Waals surface area contributed by atoms with Crippen LogP contribution in [0.25, 0.3) is 0 Å². The smallest absolute Gasteiger partial charge is 0.308 e. The lowest BCUT2D eigenvalue weighted by molar-refractivity contribution is -0.141. The van der Waals surface area contributed by atoms with E-state index in [9.17, 15) is 9.59 Å². The molecule has 1 aromatic rings. The average molecular weight is 270 g/mol. The van der Waals surface area contributed by atoms with Crippen LogP contribution in [0, 0.1) is 5.92 Å². The summed E-state index contributed by atoms with van der Waals surface area (Å²) in [5, 5.41) is 9.35. The number of halogens is 1. The van der Waals surface area contributed by atoms with Gasteiger partial charge in [-0.1, -0.05) is 24.6 Å². The van der Waals surface area contributed by atoms with Gasteiger partial charge < -0.3 is 10.0 Å². The predicted molar refractivity (Wildman–Crippen MR) is 69.8 cm³/mol. The molecule has 0 spiro atoms. The highest BCUT2D eigenvalue weighted by atomic mass is 35.5. The quantitative estimate of drug-likeness (QED) is 0.894. The second-order valence-electron chi connectivity index (χ2n) is 4.09. The average Bonchev–Trinajstić information content (AvgIpc) is 2.34. The largest absolute Gasteiger partial charge is 0.481 e. The van der Waals surface area contributed by atoms with Crippen molar-refractivity contribution >= 4 is 23.5 Å². The fourth-order valence-corrected chi connectivity index (χ4v) is 1.76. The molecule has 1 amide bonds. The van der Waals surface area contributed by atoms with Gasteiger partial charge in [0.25, 0.3) is 5.91 Å². The molecule has 0 heterocycles. The second-order valence-corrected chi connectivity index (χ2v) is 4.53. The molecule has 0 aliphatic heterocycles. The Kier molecular flexibility index (Phi) is 5.16. The highest BCUT2D eigenvalue weighted by Gasteiger charge is 2.20. The monoisotopic (exact) mass is 269 g/mol. The fraction of sp³-hybridized carbons (Fsp3) is 0.385. The van der Waals surface area contributed by atoms with Crippen LogP contribution in [0.1, 0.15) is 24.2 Å². The van der Waals surface area contributed by atoms with E-state index >= 15 is 0 Å². The highest BCUT2D eigenvalue weighted by molar-refractivity contribution is 6.30. The van der Waals surface area contributed by atoms with Crippen molar-refractivity contribution < 1.29 is 14.7 Å². The number of benzene rings is 1. The second kappa shape index (κ2) is 6.40. The van der Waals surface area contributed by atoms with E-state index in [0.29, 0.717) is 17.1 Å². The third-order valence-electron chi connectivity index (χ3n) is 2.66. The molecule has 0 aromatic heterocycles. The van der Waals surface area contributed by atoms with Gasteiger partial charge in [0.05, 0.1) is 5.92 Å². The zero-order valence-corrected chi connectivity index (χ0v) is 11.1. The van der Waals surface area contributed by atoms with Gasteiger partial charge in [-0.3, -0.25) is 9.59 Å². The number of aliphatic carboxylic acids is 1. The zero-order chi connectivity index (χ0) is 13.7. The van der Waals surface area contributed by atoms with E-state index in [0.717, 1.165) is 0 Å². The summed E-state index contributed by atoms with van der Waals surface area (Å²) in [6.07, 6.45) is 0. The van der Waals surface area contributed by atoms with Crippen LogP contribution in [-0.4, -0.2) is 35.0 Å². The van der Waals surface area contributed by atoms with E-state index in [1.165, 1.54) is 4.90 Å². The molecule has 1 atom stereocenters. The minimum absolute atomic E-state index is 0.192. The zero-order valence-electron chi connectivity index (χ0n) is 10.4. The fourth-order valence-electron chi connectivity index (χ4n) is 1.57. The first-order valence-corrected chi connectivity index (χ1v) is 6.11. The van der Waals surface area contributed by atoms with Crippen LogP contribution in [-0.2, 0) is 4.79 Å². The Morgan fingerprint density at radius 1 is 1.44 bits per heavy atom. The summed E-state index contributed by atoms with van der Waals surface area (Å²) in [5.41, 5.74) is 0.474. The van der Waals surface area contributed by atoms with Gasteiger partial charge in [0.2, 0.25) is 0 Å². The maximum absolute atomic E-state index is 12.2. The summed E-state index contributed by atoms with van der Waals surface area (Å²) >= 11 is 5.83. The van der Waals surface area contributed by atoms with Crippen LogP contribution in [0.4, 0.5) is 0 Å². The number of hydrogen-bond donors (Lipinski definition) is 1. The van der Waals surface area contributed by atoms with Gasteiger partial charge in [-0.15, -0.1) is 0 Å². The summed E-state index contributed by atoms with van der Waals surface area (Å²) in [6.45, 7) is 4.05. The number of carbonyl (C=O) groups is 2. The molecule has 1 unspecified atom stereocenters. The van der Waals surface area contributed by atoms with Crippen molar-refractivity contribution in [3.05, 3.63) is 34.9 Å². The Hall–Kier alpha value is -1.55. The van der Waals surface area contributed by atoms with Crippen molar-refractivity contribution in [3.8, 4) is 0 Å². The number of amides is 1. The SMILES string of the molecule is CCN(CC(C)C(=O)O)C(=O)c1cccc(Cl)c1. The molecular formula is C13H16ClNO3. The summed E-state index contributed by atoms with van der Waals surface area (Å²) in [6, 6.07) is 6.64. The van der Waals surface area contributed by atoms with E-state index in [1.807, 2.05) is 6.92 Å². The van der Waals surface area contributed by atoms with E-state index in [-0.39, 0.29) is 12.5 Å². The summed E-state index contributed by atoms with van der Waals surface area (Å²) in [4.78, 5) is 24.5. The molecule has 0 saturated carbocycles. The number of carbonyl (C=O) groups excluding carboxylic acids is 1. The number of carboxylic acid groups (broad SMARTS) is 1. The predicted octanol–water partition coefficient (Wildman–Crippen LogP) is 2.52. The topological polar surface area (TPSA) is 57.6 Å². The van der Waals surface area contributed by atoms with Gasteiger partial charge in [0.15, 0.2) is 0 Å². The van der Waals surface area contributed by atoms with Gasteiger partial charge in [-0.25, -0.2) is 0 Å². The van der Waals surface area contributed by atoms with E-state index in [4.69, 9.17) is 16.7 Å². The molecule has 1 rings (SSSR count). The first-order valence-electron chi connectivity index (χ1n) is 5.73. The lowest BCUT2D eigenvalue weighted by atomic mass is 10.1. The van der Waals surface area contributed by atoms with Crippen LogP contribution in [0.5, 0.6) is 0 Å². The number of nitrogens with zero attached hydrogens (tertiary/aromatic N) is 1. The minimum Gasteiger partial charge on any atom is -0.481 e. The van der Waals surface area contributed by atoms with Crippen LogP contribution in [0.15, 0.2) is 24.3 Å². The Bertz CT molecular complexity index is 448. The molecule has 0 bridgehead atoms. The van der Waals surface area contributed by atoms with Gasteiger partial charge in [0, 0.05) is 23.7 Å². The lowest BCUT2D eigenvalue weighted by Gasteiger charge is -2.23. The third-order valence-corrected chi connectivity index (χ3v) is 2.89. The summed E-state index contributed by atoms with van der Waals surface area (Å²) < 4.78 is 0. The molecule has 0 fully saturated rings. The first kappa shape index (κ1) is 14.5.